The second-order valence-electron chi connectivity index (χ2n) is 6.75. The van der Waals surface area contributed by atoms with E-state index < -0.39 is 9.84 Å². The molecule has 6 nitrogen and oxygen atoms in total. The summed E-state index contributed by atoms with van der Waals surface area (Å²) in [7, 11) is -1.84. The largest absolute Gasteiger partial charge is 0.349 e. The topological polar surface area (TPSA) is 69.8 Å². The predicted octanol–water partition coefficient (Wildman–Crippen LogP) is 3.52. The van der Waals surface area contributed by atoms with E-state index in [9.17, 15) is 8.42 Å². The molecule has 0 amide bonds. The van der Waals surface area contributed by atoms with Gasteiger partial charge in [-0.15, -0.1) is 0 Å². The van der Waals surface area contributed by atoms with Gasteiger partial charge in [-0.1, -0.05) is 12.1 Å². The maximum absolute atomic E-state index is 13.4. The van der Waals surface area contributed by atoms with E-state index in [1.165, 1.54) is 0 Å². The lowest BCUT2D eigenvalue weighted by atomic mass is 10.1. The highest BCUT2D eigenvalue weighted by Crippen LogP contribution is 2.33. The van der Waals surface area contributed by atoms with Crippen molar-refractivity contribution < 1.29 is 8.42 Å². The van der Waals surface area contributed by atoms with Gasteiger partial charge in [0.05, 0.1) is 21.2 Å². The average molecular weight is 380 g/mol. The van der Waals surface area contributed by atoms with Crippen LogP contribution in [-0.4, -0.2) is 27.5 Å². The Morgan fingerprint density at radius 1 is 0.963 bits per heavy atom. The summed E-state index contributed by atoms with van der Waals surface area (Å²) in [4.78, 5) is 9.22. The normalized spacial score (nSPS) is 12.0. The highest BCUT2D eigenvalue weighted by Gasteiger charge is 2.26. The minimum Gasteiger partial charge on any atom is -0.349 e. The zero-order chi connectivity index (χ0) is 19.3. The van der Waals surface area contributed by atoms with Gasteiger partial charge in [-0.25, -0.2) is 18.4 Å². The molecule has 4 aromatic rings. The molecule has 3 heterocycles. The van der Waals surface area contributed by atoms with E-state index in [2.05, 4.69) is 9.97 Å². The summed E-state index contributed by atoms with van der Waals surface area (Å²) in [6.07, 6.45) is 5.20. The van der Waals surface area contributed by atoms with Crippen molar-refractivity contribution >= 4 is 20.7 Å². The van der Waals surface area contributed by atoms with Crippen molar-refractivity contribution in [2.45, 2.75) is 30.6 Å². The minimum atomic E-state index is -3.70. The van der Waals surface area contributed by atoms with Crippen molar-refractivity contribution in [1.29, 1.82) is 0 Å². The van der Waals surface area contributed by atoms with Crippen molar-refractivity contribution in [2.24, 2.45) is 7.05 Å². The van der Waals surface area contributed by atoms with Gasteiger partial charge in [-0.3, -0.25) is 4.57 Å². The number of pyridine rings is 1. The fourth-order valence-corrected chi connectivity index (χ4v) is 5.16. The summed E-state index contributed by atoms with van der Waals surface area (Å²) in [6.45, 7) is 5.54. The predicted molar refractivity (Wildman–Crippen MR) is 104 cm³/mol. The Labute approximate surface area is 158 Å². The zero-order valence-electron chi connectivity index (χ0n) is 15.6. The smallest absolute Gasteiger partial charge is 0.210 e. The number of benzene rings is 1. The minimum absolute atomic E-state index is 0.221. The average Bonchev–Trinajstić information content (AvgIpc) is 3.20. The molecule has 0 unspecified atom stereocenters. The van der Waals surface area contributed by atoms with Gasteiger partial charge in [0.1, 0.15) is 12.1 Å². The molecule has 0 fully saturated rings. The Balaban J connectivity index is 1.88. The first-order valence-electron chi connectivity index (χ1n) is 8.57. The fraction of sp³-hybridized carbons (Fsp3) is 0.200. The summed E-state index contributed by atoms with van der Waals surface area (Å²) in [6, 6.07) is 9.12. The first kappa shape index (κ1) is 17.5. The monoisotopic (exact) mass is 380 g/mol. The van der Waals surface area contributed by atoms with E-state index in [1.807, 2.05) is 49.9 Å². The molecule has 138 valence electrons. The summed E-state index contributed by atoms with van der Waals surface area (Å²) >= 11 is 0. The van der Waals surface area contributed by atoms with Gasteiger partial charge in [-0.05, 0) is 44.5 Å². The number of nitrogens with zero attached hydrogens (tertiary/aromatic N) is 4. The number of sulfone groups is 1. The van der Waals surface area contributed by atoms with Crippen LogP contribution >= 0.6 is 0 Å². The van der Waals surface area contributed by atoms with Crippen LogP contribution in [0, 0.1) is 20.8 Å². The second kappa shape index (κ2) is 6.06. The zero-order valence-corrected chi connectivity index (χ0v) is 16.4. The SMILES string of the molecule is Cc1cn(-c2ccc(S(=O)(=O)c3cn(C)c4cccc(C)c34)c(C)n2)cn1. The molecule has 0 saturated heterocycles. The number of hydrogen-bond acceptors (Lipinski definition) is 4. The molecule has 0 aliphatic rings. The highest BCUT2D eigenvalue weighted by atomic mass is 32.2. The van der Waals surface area contributed by atoms with Crippen LogP contribution in [0.5, 0.6) is 0 Å². The Morgan fingerprint density at radius 3 is 2.41 bits per heavy atom. The van der Waals surface area contributed by atoms with Gasteiger partial charge in [0.15, 0.2) is 0 Å². The molecule has 0 atom stereocenters. The van der Waals surface area contributed by atoms with Crippen molar-refractivity contribution in [3.05, 3.63) is 66.0 Å². The van der Waals surface area contributed by atoms with Gasteiger partial charge in [-0.2, -0.15) is 0 Å². The summed E-state index contributed by atoms with van der Waals surface area (Å²) in [5, 5.41) is 0.758. The van der Waals surface area contributed by atoms with E-state index in [0.29, 0.717) is 16.4 Å². The Morgan fingerprint density at radius 2 is 1.74 bits per heavy atom. The van der Waals surface area contributed by atoms with E-state index in [0.717, 1.165) is 22.2 Å². The summed E-state index contributed by atoms with van der Waals surface area (Å²) in [5.74, 6) is 0.640. The molecule has 0 aliphatic heterocycles. The van der Waals surface area contributed by atoms with E-state index in [1.54, 1.807) is 36.1 Å². The van der Waals surface area contributed by atoms with Gasteiger partial charge >= 0.3 is 0 Å². The van der Waals surface area contributed by atoms with Crippen LogP contribution in [-0.2, 0) is 16.9 Å². The lowest BCUT2D eigenvalue weighted by Gasteiger charge is -2.09. The second-order valence-corrected chi connectivity index (χ2v) is 8.64. The maximum Gasteiger partial charge on any atom is 0.210 e. The number of aryl methyl sites for hydroxylation is 4. The lowest BCUT2D eigenvalue weighted by molar-refractivity contribution is 0.595. The van der Waals surface area contributed by atoms with Crippen LogP contribution < -0.4 is 0 Å². The molecular weight excluding hydrogens is 360 g/mol. The van der Waals surface area contributed by atoms with E-state index >= 15 is 0 Å². The number of fused-ring (bicyclic) bond motifs is 1. The molecule has 7 heteroatoms. The van der Waals surface area contributed by atoms with Gasteiger partial charge < -0.3 is 4.57 Å². The van der Waals surface area contributed by atoms with Crippen LogP contribution in [0.3, 0.4) is 0 Å². The summed E-state index contributed by atoms with van der Waals surface area (Å²) < 4.78 is 30.5. The van der Waals surface area contributed by atoms with Gasteiger partial charge in [0, 0.05) is 30.3 Å². The van der Waals surface area contributed by atoms with Crippen LogP contribution in [0.15, 0.2) is 58.8 Å². The molecule has 0 saturated carbocycles. The van der Waals surface area contributed by atoms with E-state index in [4.69, 9.17) is 0 Å². The van der Waals surface area contributed by atoms with Gasteiger partial charge in [0.25, 0.3) is 0 Å². The Bertz CT molecular complexity index is 1280. The molecule has 0 bridgehead atoms. The third-order valence-electron chi connectivity index (χ3n) is 4.77. The van der Waals surface area contributed by atoms with Crippen molar-refractivity contribution in [2.75, 3.05) is 0 Å². The van der Waals surface area contributed by atoms with Crippen LogP contribution in [0.2, 0.25) is 0 Å². The molecule has 0 radical (unpaired) electrons. The van der Waals surface area contributed by atoms with Crippen molar-refractivity contribution in [3.63, 3.8) is 0 Å². The van der Waals surface area contributed by atoms with Crippen LogP contribution in [0.25, 0.3) is 16.7 Å². The first-order chi connectivity index (χ1) is 12.8. The van der Waals surface area contributed by atoms with E-state index in [-0.39, 0.29) is 4.90 Å². The number of aromatic nitrogens is 4. The lowest BCUT2D eigenvalue weighted by Crippen LogP contribution is -2.07. The van der Waals surface area contributed by atoms with Crippen LogP contribution in [0.1, 0.15) is 17.0 Å². The molecule has 27 heavy (non-hydrogen) atoms. The molecule has 4 rings (SSSR count). The van der Waals surface area contributed by atoms with Gasteiger partial charge in [0.2, 0.25) is 9.84 Å². The highest BCUT2D eigenvalue weighted by molar-refractivity contribution is 7.91. The molecule has 1 aromatic carbocycles. The number of imidazole rings is 1. The molecule has 0 aliphatic carbocycles. The van der Waals surface area contributed by atoms with Crippen molar-refractivity contribution in [3.8, 4) is 5.82 Å². The standard InChI is InChI=1S/C20H20N4O2S/c1-13-6-5-7-16-20(13)18(11-23(16)4)27(25,26)17-8-9-19(22-15(17)3)24-10-14(2)21-12-24/h5-12H,1-4H3. The third-order valence-corrected chi connectivity index (χ3v) is 6.67. The third kappa shape index (κ3) is 2.75. The number of rotatable bonds is 3. The molecule has 3 aromatic heterocycles. The Hall–Kier alpha value is -2.93. The molecular formula is C20H20N4O2S. The molecule has 0 spiro atoms. The fourth-order valence-electron chi connectivity index (χ4n) is 3.41. The Kier molecular flexibility index (Phi) is 3.92. The first-order valence-corrected chi connectivity index (χ1v) is 10.1. The molecule has 0 N–H and O–H groups in total. The van der Waals surface area contributed by atoms with Crippen LogP contribution in [0.4, 0.5) is 0 Å². The maximum atomic E-state index is 13.4. The quantitative estimate of drug-likeness (QED) is 0.545. The summed E-state index contributed by atoms with van der Waals surface area (Å²) in [5.41, 5.74) is 3.16. The van der Waals surface area contributed by atoms with Crippen molar-refractivity contribution in [1.82, 2.24) is 19.1 Å². The number of hydrogen-bond donors (Lipinski definition) is 0.